The lowest BCUT2D eigenvalue weighted by atomic mass is 10.0. The molecule has 0 bridgehead atoms. The van der Waals surface area contributed by atoms with Crippen molar-refractivity contribution >= 4 is 0 Å². The second-order valence-electron chi connectivity index (χ2n) is 6.24. The molecule has 0 aromatic carbocycles. The Morgan fingerprint density at radius 2 is 1.20 bits per heavy atom. The summed E-state index contributed by atoms with van der Waals surface area (Å²) in [5.41, 5.74) is 0. The van der Waals surface area contributed by atoms with Crippen LogP contribution in [0.4, 0.5) is 0 Å². The molecule has 1 N–H and O–H groups in total. The van der Waals surface area contributed by atoms with Crippen LogP contribution in [0.5, 0.6) is 0 Å². The highest BCUT2D eigenvalue weighted by molar-refractivity contribution is 4.50. The van der Waals surface area contributed by atoms with E-state index in [1.54, 1.807) is 0 Å². The average molecular weight is 286 g/mol. The van der Waals surface area contributed by atoms with Crippen LogP contribution >= 0.6 is 0 Å². The minimum Gasteiger partial charge on any atom is -0.597 e. The molecule has 0 fully saturated rings. The standard InChI is InChI=1S/C16H34N2O2/c1-16(2)14-12-10-8-6-4-3-5-7-9-11-13-15-18(20)17-19/h16,19H,3-15H2,1-2H3. The predicted molar refractivity (Wildman–Crippen MR) is 83.0 cm³/mol. The molecule has 0 aromatic heterocycles. The summed E-state index contributed by atoms with van der Waals surface area (Å²) in [6.07, 6.45) is 15.3. The Kier molecular flexibility index (Phi) is 14.0. The van der Waals surface area contributed by atoms with Crippen molar-refractivity contribution in [3.8, 4) is 0 Å². The lowest BCUT2D eigenvalue weighted by Crippen LogP contribution is -2.01. The van der Waals surface area contributed by atoms with Gasteiger partial charge in [0.15, 0.2) is 11.8 Å². The zero-order chi connectivity index (χ0) is 15.1. The highest BCUT2D eigenvalue weighted by Crippen LogP contribution is 2.13. The molecule has 0 aliphatic heterocycles. The van der Waals surface area contributed by atoms with Gasteiger partial charge in [-0.3, -0.25) is 0 Å². The maximum atomic E-state index is 10.6. The highest BCUT2D eigenvalue weighted by Gasteiger charge is 1.97. The third kappa shape index (κ3) is 15.3. The fraction of sp³-hybridized carbons (Fsp3) is 1.00. The molecule has 0 aromatic rings. The first kappa shape index (κ1) is 19.2. The lowest BCUT2D eigenvalue weighted by Gasteiger charge is -2.04. The Morgan fingerprint density at radius 3 is 1.60 bits per heavy atom. The van der Waals surface area contributed by atoms with Crippen molar-refractivity contribution in [1.82, 2.24) is 0 Å². The number of unbranched alkanes of at least 4 members (excludes halogenated alkanes) is 10. The third-order valence-corrected chi connectivity index (χ3v) is 3.73. The number of hydrogen-bond acceptors (Lipinski definition) is 2. The second kappa shape index (κ2) is 14.6. The summed E-state index contributed by atoms with van der Waals surface area (Å²) in [5.74, 6) is 0.856. The average Bonchev–Trinajstić information content (AvgIpc) is 2.43. The van der Waals surface area contributed by atoms with E-state index in [0.29, 0.717) is 11.4 Å². The van der Waals surface area contributed by atoms with Crippen molar-refractivity contribution in [3.63, 3.8) is 0 Å². The fourth-order valence-electron chi connectivity index (χ4n) is 2.44. The van der Waals surface area contributed by atoms with Crippen LogP contribution in [0.1, 0.15) is 90.9 Å². The summed E-state index contributed by atoms with van der Waals surface area (Å²) in [7, 11) is 0. The first-order chi connectivity index (χ1) is 9.66. The van der Waals surface area contributed by atoms with Crippen molar-refractivity contribution in [2.24, 2.45) is 11.2 Å². The number of rotatable bonds is 14. The van der Waals surface area contributed by atoms with Gasteiger partial charge >= 0.3 is 0 Å². The van der Waals surface area contributed by atoms with E-state index in [0.717, 1.165) is 18.8 Å². The van der Waals surface area contributed by atoms with E-state index < -0.39 is 0 Å². The van der Waals surface area contributed by atoms with Crippen LogP contribution in [0.25, 0.3) is 0 Å². The molecular formula is C16H34N2O2. The van der Waals surface area contributed by atoms with Gasteiger partial charge < -0.3 is 10.4 Å². The number of hydroxylamine groups is 1. The molecule has 0 heterocycles. The van der Waals surface area contributed by atoms with E-state index in [9.17, 15) is 5.21 Å². The van der Waals surface area contributed by atoms with Gasteiger partial charge in [0.05, 0.1) is 0 Å². The Morgan fingerprint density at radius 1 is 0.800 bits per heavy atom. The minimum atomic E-state index is 0.312. The molecule has 0 atom stereocenters. The van der Waals surface area contributed by atoms with Crippen LogP contribution in [0.3, 0.4) is 0 Å². The van der Waals surface area contributed by atoms with Crippen molar-refractivity contribution < 1.29 is 10.1 Å². The van der Waals surface area contributed by atoms with Crippen molar-refractivity contribution in [2.75, 3.05) is 6.54 Å². The van der Waals surface area contributed by atoms with E-state index in [-0.39, 0.29) is 0 Å². The third-order valence-electron chi connectivity index (χ3n) is 3.73. The van der Waals surface area contributed by atoms with Gasteiger partial charge in [0, 0.05) is 6.42 Å². The molecule has 20 heavy (non-hydrogen) atoms. The molecule has 0 saturated carbocycles. The van der Waals surface area contributed by atoms with Gasteiger partial charge in [-0.15, -0.1) is 0 Å². The van der Waals surface area contributed by atoms with Crippen molar-refractivity contribution in [1.29, 1.82) is 0 Å². The largest absolute Gasteiger partial charge is 0.597 e. The summed E-state index contributed by atoms with van der Waals surface area (Å²) < 4.78 is 0. The molecular weight excluding hydrogens is 252 g/mol. The molecule has 0 amide bonds. The predicted octanol–water partition coefficient (Wildman–Crippen LogP) is 5.68. The molecule has 4 heteroatoms. The topological polar surface area (TPSA) is 58.7 Å². The number of nitrogens with zero attached hydrogens (tertiary/aromatic N) is 2. The van der Waals surface area contributed by atoms with E-state index in [1.807, 2.05) is 0 Å². The van der Waals surface area contributed by atoms with Crippen LogP contribution in [-0.2, 0) is 0 Å². The molecule has 0 aliphatic carbocycles. The van der Waals surface area contributed by atoms with Crippen LogP contribution in [-0.4, -0.2) is 16.6 Å². The van der Waals surface area contributed by atoms with Gasteiger partial charge in [0.25, 0.3) is 0 Å². The lowest BCUT2D eigenvalue weighted by molar-refractivity contribution is -0.556. The molecule has 4 nitrogen and oxygen atoms in total. The summed E-state index contributed by atoms with van der Waals surface area (Å²) in [6.45, 7) is 4.91. The van der Waals surface area contributed by atoms with Gasteiger partial charge in [-0.2, -0.15) is 0 Å². The van der Waals surface area contributed by atoms with Crippen LogP contribution in [0, 0.1) is 11.1 Å². The Hall–Kier alpha value is -0.800. The van der Waals surface area contributed by atoms with Gasteiger partial charge in [-0.05, 0) is 12.3 Å². The van der Waals surface area contributed by atoms with Crippen LogP contribution in [0.2, 0.25) is 0 Å². The molecule has 120 valence electrons. The Balaban J connectivity index is 3.03. The highest BCUT2D eigenvalue weighted by atomic mass is 16.6. The normalized spacial score (nSPS) is 12.2. The van der Waals surface area contributed by atoms with Gasteiger partial charge in [0.2, 0.25) is 0 Å². The van der Waals surface area contributed by atoms with Crippen LogP contribution < -0.4 is 0 Å². The Bertz CT molecular complexity index is 231. The zero-order valence-electron chi connectivity index (χ0n) is 13.5. The number of hydrogen-bond donors (Lipinski definition) is 1. The SMILES string of the molecule is CC(C)CCCCCCCCCCCCC[N+]([O-])=NO. The summed E-state index contributed by atoms with van der Waals surface area (Å²) in [5, 5.41) is 21.4. The quantitative estimate of drug-likeness (QED) is 0.193. The minimum absolute atomic E-state index is 0.312. The molecule has 0 spiro atoms. The van der Waals surface area contributed by atoms with E-state index in [2.05, 4.69) is 19.1 Å². The summed E-state index contributed by atoms with van der Waals surface area (Å²) >= 11 is 0. The van der Waals surface area contributed by atoms with Gasteiger partial charge in [-0.25, -0.2) is 0 Å². The summed E-state index contributed by atoms with van der Waals surface area (Å²) in [4.78, 5) is 0.347. The van der Waals surface area contributed by atoms with Gasteiger partial charge in [-0.1, -0.05) is 82.9 Å². The first-order valence-corrected chi connectivity index (χ1v) is 8.46. The molecule has 0 unspecified atom stereocenters. The Labute approximate surface area is 124 Å². The van der Waals surface area contributed by atoms with E-state index in [4.69, 9.17) is 5.21 Å². The molecule has 0 radical (unpaired) electrons. The van der Waals surface area contributed by atoms with Crippen molar-refractivity contribution in [3.05, 3.63) is 5.21 Å². The van der Waals surface area contributed by atoms with E-state index in [1.165, 1.54) is 64.2 Å². The second-order valence-corrected chi connectivity index (χ2v) is 6.24. The molecule has 0 rings (SSSR count). The van der Waals surface area contributed by atoms with Crippen LogP contribution in [0.15, 0.2) is 5.28 Å². The maximum absolute atomic E-state index is 10.6. The maximum Gasteiger partial charge on any atom is 0.197 e. The van der Waals surface area contributed by atoms with Crippen molar-refractivity contribution in [2.45, 2.75) is 90.9 Å². The molecule has 0 saturated heterocycles. The fourth-order valence-corrected chi connectivity index (χ4v) is 2.44. The molecule has 0 aliphatic rings. The smallest absolute Gasteiger partial charge is 0.197 e. The zero-order valence-corrected chi connectivity index (χ0v) is 13.5. The van der Waals surface area contributed by atoms with E-state index >= 15 is 0 Å². The summed E-state index contributed by atoms with van der Waals surface area (Å²) in [6, 6.07) is 0. The monoisotopic (exact) mass is 286 g/mol. The van der Waals surface area contributed by atoms with Gasteiger partial charge in [0.1, 0.15) is 0 Å². The first-order valence-electron chi connectivity index (χ1n) is 8.46.